The van der Waals surface area contributed by atoms with Crippen molar-refractivity contribution in [1.82, 2.24) is 10.6 Å². The molecule has 2 N–H and O–H groups in total. The molecule has 3 aromatic rings. The molecule has 6 nitrogen and oxygen atoms in total. The zero-order valence-corrected chi connectivity index (χ0v) is 19.6. The molecule has 0 radical (unpaired) electrons. The molecule has 0 fully saturated rings. The highest BCUT2D eigenvalue weighted by Crippen LogP contribution is 2.13. The van der Waals surface area contributed by atoms with Crippen LogP contribution < -0.4 is 20.1 Å². The van der Waals surface area contributed by atoms with Gasteiger partial charge in [-0.3, -0.25) is 0 Å². The van der Waals surface area contributed by atoms with Gasteiger partial charge in [0.15, 0.2) is 5.96 Å². The Balaban J connectivity index is 0.00000320. The third kappa shape index (κ3) is 7.62. The summed E-state index contributed by atoms with van der Waals surface area (Å²) >= 11 is 0. The van der Waals surface area contributed by atoms with Gasteiger partial charge in [-0.1, -0.05) is 24.3 Å². The first kappa shape index (κ1) is 23.6. The standard InChI is InChI=1S/C23H27N3O3.HI/c1-27-20-10-8-18(9-11-20)16-25-23(24-13-12-21-7-4-14-29-21)26-17-19-5-3-6-22(15-19)28-2;/h3-11,14-15H,12-13,16-17H2,1-2H3,(H2,24,25,26);1H. The second kappa shape index (κ2) is 12.8. The molecule has 1 aromatic heterocycles. The van der Waals surface area contributed by atoms with Crippen LogP contribution in [0.3, 0.4) is 0 Å². The van der Waals surface area contributed by atoms with Gasteiger partial charge < -0.3 is 24.5 Å². The molecule has 0 aliphatic carbocycles. The van der Waals surface area contributed by atoms with E-state index in [9.17, 15) is 0 Å². The van der Waals surface area contributed by atoms with E-state index in [2.05, 4.69) is 10.6 Å². The van der Waals surface area contributed by atoms with Crippen LogP contribution in [0, 0.1) is 0 Å². The molecule has 1 heterocycles. The van der Waals surface area contributed by atoms with Crippen molar-refractivity contribution in [2.45, 2.75) is 19.5 Å². The van der Waals surface area contributed by atoms with Crippen molar-refractivity contribution >= 4 is 29.9 Å². The minimum absolute atomic E-state index is 0. The summed E-state index contributed by atoms with van der Waals surface area (Å²) in [5.41, 5.74) is 2.23. The normalized spacial score (nSPS) is 10.8. The number of hydrogen-bond donors (Lipinski definition) is 2. The summed E-state index contributed by atoms with van der Waals surface area (Å²) in [6, 6.07) is 19.8. The van der Waals surface area contributed by atoms with Gasteiger partial charge in [0.1, 0.15) is 17.3 Å². The topological polar surface area (TPSA) is 68.0 Å². The van der Waals surface area contributed by atoms with Gasteiger partial charge in [-0.15, -0.1) is 24.0 Å². The maximum atomic E-state index is 5.40. The number of ether oxygens (including phenoxy) is 2. The number of halogens is 1. The van der Waals surface area contributed by atoms with Crippen molar-refractivity contribution in [3.8, 4) is 11.5 Å². The molecule has 0 spiro atoms. The molecule has 2 aromatic carbocycles. The number of aliphatic imine (C=N–C) groups is 1. The number of guanidine groups is 1. The van der Waals surface area contributed by atoms with Gasteiger partial charge in [0, 0.05) is 19.5 Å². The van der Waals surface area contributed by atoms with Crippen LogP contribution >= 0.6 is 24.0 Å². The van der Waals surface area contributed by atoms with Crippen LogP contribution in [0.1, 0.15) is 16.9 Å². The lowest BCUT2D eigenvalue weighted by molar-refractivity contribution is 0.414. The van der Waals surface area contributed by atoms with Crippen molar-refractivity contribution in [2.75, 3.05) is 20.8 Å². The molecular formula is C23H28IN3O3. The van der Waals surface area contributed by atoms with Crippen molar-refractivity contribution in [1.29, 1.82) is 0 Å². The average molecular weight is 521 g/mol. The number of methoxy groups -OCH3 is 2. The lowest BCUT2D eigenvalue weighted by atomic mass is 10.2. The molecule has 30 heavy (non-hydrogen) atoms. The summed E-state index contributed by atoms with van der Waals surface area (Å²) in [5, 5.41) is 6.76. The predicted octanol–water partition coefficient (Wildman–Crippen LogP) is 4.39. The van der Waals surface area contributed by atoms with Crippen molar-refractivity contribution < 1.29 is 13.9 Å². The Morgan fingerprint density at radius 1 is 0.900 bits per heavy atom. The molecule has 7 heteroatoms. The molecule has 0 unspecified atom stereocenters. The summed E-state index contributed by atoms with van der Waals surface area (Å²) in [6.07, 6.45) is 2.48. The number of rotatable bonds is 9. The van der Waals surface area contributed by atoms with Gasteiger partial charge >= 0.3 is 0 Å². The van der Waals surface area contributed by atoms with Crippen LogP contribution in [-0.2, 0) is 19.5 Å². The Hall–Kier alpha value is -2.68. The Labute approximate surface area is 194 Å². The molecule has 160 valence electrons. The largest absolute Gasteiger partial charge is 0.497 e. The molecule has 0 aliphatic heterocycles. The van der Waals surface area contributed by atoms with E-state index in [-0.39, 0.29) is 24.0 Å². The van der Waals surface area contributed by atoms with Crippen LogP contribution in [0.15, 0.2) is 76.3 Å². The zero-order valence-electron chi connectivity index (χ0n) is 17.3. The van der Waals surface area contributed by atoms with E-state index in [0.29, 0.717) is 13.1 Å². The summed E-state index contributed by atoms with van der Waals surface area (Å²) in [4.78, 5) is 4.72. The van der Waals surface area contributed by atoms with Gasteiger partial charge in [-0.25, -0.2) is 4.99 Å². The lowest BCUT2D eigenvalue weighted by Crippen LogP contribution is -2.38. The van der Waals surface area contributed by atoms with Crippen molar-refractivity contribution in [2.24, 2.45) is 4.99 Å². The smallest absolute Gasteiger partial charge is 0.191 e. The summed E-state index contributed by atoms with van der Waals surface area (Å²) in [5.74, 6) is 3.36. The maximum Gasteiger partial charge on any atom is 0.191 e. The van der Waals surface area contributed by atoms with Crippen LogP contribution in [-0.4, -0.2) is 26.7 Å². The molecule has 3 rings (SSSR count). The van der Waals surface area contributed by atoms with Crippen LogP contribution in [0.25, 0.3) is 0 Å². The Morgan fingerprint density at radius 3 is 2.40 bits per heavy atom. The fourth-order valence-electron chi connectivity index (χ4n) is 2.80. The molecule has 0 aliphatic rings. The Kier molecular flexibility index (Phi) is 10.1. The third-order valence-corrected chi connectivity index (χ3v) is 4.42. The molecule has 0 amide bonds. The molecule has 0 saturated heterocycles. The van der Waals surface area contributed by atoms with Gasteiger partial charge in [0.2, 0.25) is 0 Å². The Bertz CT molecular complexity index is 896. The highest BCUT2D eigenvalue weighted by Gasteiger charge is 2.03. The fourth-order valence-corrected chi connectivity index (χ4v) is 2.80. The van der Waals surface area contributed by atoms with Gasteiger partial charge in [0.05, 0.1) is 27.0 Å². The van der Waals surface area contributed by atoms with E-state index < -0.39 is 0 Å². The second-order valence-electron chi connectivity index (χ2n) is 6.47. The minimum atomic E-state index is 0. The zero-order chi connectivity index (χ0) is 20.3. The predicted molar refractivity (Wildman–Crippen MR) is 130 cm³/mol. The van der Waals surface area contributed by atoms with E-state index in [1.54, 1.807) is 20.5 Å². The summed E-state index contributed by atoms with van der Waals surface area (Å²) in [6.45, 7) is 1.94. The Morgan fingerprint density at radius 2 is 1.70 bits per heavy atom. The third-order valence-electron chi connectivity index (χ3n) is 4.42. The van der Waals surface area contributed by atoms with Crippen molar-refractivity contribution in [3.63, 3.8) is 0 Å². The van der Waals surface area contributed by atoms with Crippen molar-refractivity contribution in [3.05, 3.63) is 83.8 Å². The van der Waals surface area contributed by atoms with Gasteiger partial charge in [-0.05, 0) is 47.5 Å². The van der Waals surface area contributed by atoms with E-state index in [1.165, 1.54) is 0 Å². The average Bonchev–Trinajstić information content (AvgIpc) is 3.29. The van der Waals surface area contributed by atoms with Crippen LogP contribution in [0.5, 0.6) is 11.5 Å². The number of benzene rings is 2. The molecular weight excluding hydrogens is 493 g/mol. The number of furan rings is 1. The summed E-state index contributed by atoms with van der Waals surface area (Å²) < 4.78 is 15.9. The lowest BCUT2D eigenvalue weighted by Gasteiger charge is -2.13. The van der Waals surface area contributed by atoms with Gasteiger partial charge in [-0.2, -0.15) is 0 Å². The van der Waals surface area contributed by atoms with E-state index in [4.69, 9.17) is 18.9 Å². The first-order valence-corrected chi connectivity index (χ1v) is 9.57. The number of hydrogen-bond acceptors (Lipinski definition) is 4. The van der Waals surface area contributed by atoms with E-state index in [0.717, 1.165) is 47.3 Å². The quantitative estimate of drug-likeness (QED) is 0.249. The van der Waals surface area contributed by atoms with Crippen LogP contribution in [0.4, 0.5) is 0 Å². The van der Waals surface area contributed by atoms with Gasteiger partial charge in [0.25, 0.3) is 0 Å². The number of nitrogens with one attached hydrogen (secondary N) is 2. The van der Waals surface area contributed by atoms with E-state index >= 15 is 0 Å². The first-order valence-electron chi connectivity index (χ1n) is 9.57. The highest BCUT2D eigenvalue weighted by molar-refractivity contribution is 14.0. The summed E-state index contributed by atoms with van der Waals surface area (Å²) in [7, 11) is 3.33. The maximum absolute atomic E-state index is 5.40. The first-order chi connectivity index (χ1) is 14.3. The fraction of sp³-hybridized carbons (Fsp3) is 0.261. The monoisotopic (exact) mass is 521 g/mol. The molecule has 0 bridgehead atoms. The SMILES string of the molecule is COc1ccc(CNC(=NCc2cccc(OC)c2)NCCc2ccco2)cc1.I. The second-order valence-corrected chi connectivity index (χ2v) is 6.47. The molecule has 0 atom stereocenters. The highest BCUT2D eigenvalue weighted by atomic mass is 127. The number of nitrogens with zero attached hydrogens (tertiary/aromatic N) is 1. The van der Waals surface area contributed by atoms with Crippen LogP contribution in [0.2, 0.25) is 0 Å². The molecule has 0 saturated carbocycles. The minimum Gasteiger partial charge on any atom is -0.497 e. The van der Waals surface area contributed by atoms with E-state index in [1.807, 2.05) is 60.7 Å².